The van der Waals surface area contributed by atoms with E-state index in [0.717, 1.165) is 47.6 Å². The van der Waals surface area contributed by atoms with Gasteiger partial charge in [0, 0.05) is 42.4 Å². The molecule has 0 aliphatic heterocycles. The molecule has 3 aromatic rings. The molecule has 1 fully saturated rings. The first-order valence-corrected chi connectivity index (χ1v) is 9.04. The summed E-state index contributed by atoms with van der Waals surface area (Å²) in [5.41, 5.74) is 8.08. The molecule has 1 amide bonds. The Morgan fingerprint density at radius 3 is 2.65 bits per heavy atom. The number of nitrogens with two attached hydrogens (primary N) is 1. The zero-order valence-electron chi connectivity index (χ0n) is 14.9. The summed E-state index contributed by atoms with van der Waals surface area (Å²) >= 11 is 0. The van der Waals surface area contributed by atoms with E-state index in [2.05, 4.69) is 27.5 Å². The van der Waals surface area contributed by atoms with Crippen LogP contribution >= 0.6 is 0 Å². The van der Waals surface area contributed by atoms with Crippen LogP contribution in [0.25, 0.3) is 21.9 Å². The minimum absolute atomic E-state index is 0.0361. The summed E-state index contributed by atoms with van der Waals surface area (Å²) in [5, 5.41) is 9.28. The van der Waals surface area contributed by atoms with Gasteiger partial charge in [-0.15, -0.1) is 0 Å². The normalized spacial score (nSPS) is 20.2. The van der Waals surface area contributed by atoms with E-state index in [1.54, 1.807) is 10.9 Å². The topological polar surface area (TPSA) is 85.8 Å². The fourth-order valence-electron chi connectivity index (χ4n) is 3.57. The molecule has 4 rings (SSSR count). The van der Waals surface area contributed by atoms with Gasteiger partial charge in [0.05, 0.1) is 6.20 Å². The molecular weight excluding hydrogens is 326 g/mol. The molecule has 3 N–H and O–H groups in total. The van der Waals surface area contributed by atoms with Crippen LogP contribution in [0.15, 0.2) is 42.9 Å². The highest BCUT2D eigenvalue weighted by molar-refractivity contribution is 5.95. The highest BCUT2D eigenvalue weighted by atomic mass is 16.1. The van der Waals surface area contributed by atoms with Crippen molar-refractivity contribution in [2.24, 2.45) is 18.7 Å². The number of anilines is 1. The average molecular weight is 349 g/mol. The number of nitrogens with zero attached hydrogens (tertiary/aromatic N) is 3. The largest absolute Gasteiger partial charge is 0.328 e. The van der Waals surface area contributed by atoms with Crippen LogP contribution in [-0.2, 0) is 11.8 Å². The number of aryl methyl sites for hydroxylation is 1. The summed E-state index contributed by atoms with van der Waals surface area (Å²) in [4.78, 5) is 16.9. The van der Waals surface area contributed by atoms with Gasteiger partial charge in [-0.3, -0.25) is 9.48 Å². The maximum Gasteiger partial charge on any atom is 0.228 e. The van der Waals surface area contributed by atoms with Crippen molar-refractivity contribution < 1.29 is 4.79 Å². The summed E-state index contributed by atoms with van der Waals surface area (Å²) < 4.78 is 1.79. The van der Waals surface area contributed by atoms with E-state index in [0.29, 0.717) is 5.82 Å². The molecule has 2 heterocycles. The van der Waals surface area contributed by atoms with Crippen molar-refractivity contribution in [3.05, 3.63) is 42.9 Å². The molecule has 0 bridgehead atoms. The van der Waals surface area contributed by atoms with Crippen molar-refractivity contribution in [3.8, 4) is 11.1 Å². The first-order valence-electron chi connectivity index (χ1n) is 9.04. The van der Waals surface area contributed by atoms with Gasteiger partial charge in [-0.25, -0.2) is 4.98 Å². The van der Waals surface area contributed by atoms with Crippen LogP contribution in [0.1, 0.15) is 25.7 Å². The number of hydrogen-bond donors (Lipinski definition) is 2. The van der Waals surface area contributed by atoms with E-state index in [9.17, 15) is 4.79 Å². The summed E-state index contributed by atoms with van der Waals surface area (Å²) in [6.45, 7) is 0. The monoisotopic (exact) mass is 349 g/mol. The van der Waals surface area contributed by atoms with Gasteiger partial charge in [-0.05, 0) is 48.8 Å². The Kier molecular flexibility index (Phi) is 4.42. The van der Waals surface area contributed by atoms with Gasteiger partial charge in [0.2, 0.25) is 5.91 Å². The number of carbonyl (C=O) groups excluding carboxylic acids is 1. The quantitative estimate of drug-likeness (QED) is 0.761. The van der Waals surface area contributed by atoms with Gasteiger partial charge in [0.1, 0.15) is 5.82 Å². The second-order valence-corrected chi connectivity index (χ2v) is 7.14. The predicted molar refractivity (Wildman–Crippen MR) is 103 cm³/mol. The van der Waals surface area contributed by atoms with E-state index in [1.807, 2.05) is 31.6 Å². The average Bonchev–Trinajstić information content (AvgIpc) is 3.08. The zero-order valence-corrected chi connectivity index (χ0v) is 14.9. The molecule has 6 nitrogen and oxygen atoms in total. The molecule has 134 valence electrons. The van der Waals surface area contributed by atoms with Crippen molar-refractivity contribution in [1.29, 1.82) is 0 Å². The Hall–Kier alpha value is -2.73. The van der Waals surface area contributed by atoms with Crippen molar-refractivity contribution in [2.75, 3.05) is 5.32 Å². The molecule has 1 aromatic carbocycles. The number of aromatic nitrogens is 3. The van der Waals surface area contributed by atoms with Gasteiger partial charge in [0.15, 0.2) is 0 Å². The zero-order chi connectivity index (χ0) is 18.1. The lowest BCUT2D eigenvalue weighted by molar-refractivity contribution is -0.120. The third kappa shape index (κ3) is 3.46. The Balaban J connectivity index is 1.55. The van der Waals surface area contributed by atoms with Gasteiger partial charge in [-0.2, -0.15) is 5.10 Å². The Morgan fingerprint density at radius 2 is 1.92 bits per heavy atom. The summed E-state index contributed by atoms with van der Waals surface area (Å²) in [5.74, 6) is 0.682. The first kappa shape index (κ1) is 16.7. The third-order valence-corrected chi connectivity index (χ3v) is 5.15. The lowest BCUT2D eigenvalue weighted by Gasteiger charge is -2.24. The van der Waals surface area contributed by atoms with Crippen molar-refractivity contribution >= 4 is 22.5 Å². The van der Waals surface area contributed by atoms with Crippen LogP contribution in [0.3, 0.4) is 0 Å². The second-order valence-electron chi connectivity index (χ2n) is 7.14. The van der Waals surface area contributed by atoms with Crippen LogP contribution in [0.4, 0.5) is 5.82 Å². The van der Waals surface area contributed by atoms with Crippen LogP contribution < -0.4 is 11.1 Å². The van der Waals surface area contributed by atoms with Crippen LogP contribution in [0, 0.1) is 5.92 Å². The summed E-state index contributed by atoms with van der Waals surface area (Å²) in [6.07, 6.45) is 9.17. The minimum atomic E-state index is 0.0361. The lowest BCUT2D eigenvalue weighted by atomic mass is 9.86. The molecule has 1 aliphatic rings. The summed E-state index contributed by atoms with van der Waals surface area (Å²) in [6, 6.07) is 8.37. The molecule has 0 radical (unpaired) electrons. The van der Waals surface area contributed by atoms with Crippen molar-refractivity contribution in [1.82, 2.24) is 14.8 Å². The van der Waals surface area contributed by atoms with E-state index in [4.69, 9.17) is 5.73 Å². The van der Waals surface area contributed by atoms with Crippen LogP contribution in [0.5, 0.6) is 0 Å². The predicted octanol–water partition coefficient (Wildman–Crippen LogP) is 3.09. The molecule has 1 aliphatic carbocycles. The van der Waals surface area contributed by atoms with E-state index in [1.165, 1.54) is 0 Å². The molecule has 1 saturated carbocycles. The number of hydrogen-bond acceptors (Lipinski definition) is 4. The van der Waals surface area contributed by atoms with E-state index < -0.39 is 0 Å². The molecular formula is C20H23N5O. The number of amides is 1. The minimum Gasteiger partial charge on any atom is -0.328 e. The highest BCUT2D eigenvalue weighted by Crippen LogP contribution is 2.27. The molecule has 26 heavy (non-hydrogen) atoms. The number of rotatable bonds is 3. The standard InChI is InChI=1S/C20H23N5O/c1-25-12-17(11-23-25)14-2-3-15-10-22-19(9-16(15)8-14)24-20(26)13-4-6-18(21)7-5-13/h2-3,8-13,18H,4-7,21H2,1H3,(H,22,24,26)/t13-,18-. The van der Waals surface area contributed by atoms with Crippen molar-refractivity contribution in [3.63, 3.8) is 0 Å². The molecule has 2 aromatic heterocycles. The molecule has 0 spiro atoms. The van der Waals surface area contributed by atoms with Gasteiger partial charge in [0.25, 0.3) is 0 Å². The highest BCUT2D eigenvalue weighted by Gasteiger charge is 2.24. The van der Waals surface area contributed by atoms with Gasteiger partial charge in [-0.1, -0.05) is 12.1 Å². The molecule has 6 heteroatoms. The first-order chi connectivity index (χ1) is 12.6. The summed E-state index contributed by atoms with van der Waals surface area (Å²) in [7, 11) is 1.90. The van der Waals surface area contributed by atoms with E-state index >= 15 is 0 Å². The Labute approximate surface area is 152 Å². The number of carbonyl (C=O) groups is 1. The Bertz CT molecular complexity index is 940. The molecule has 0 atom stereocenters. The number of nitrogens with one attached hydrogen (secondary N) is 1. The fourth-order valence-corrected chi connectivity index (χ4v) is 3.57. The third-order valence-electron chi connectivity index (χ3n) is 5.15. The lowest BCUT2D eigenvalue weighted by Crippen LogP contribution is -2.32. The Morgan fingerprint density at radius 1 is 1.12 bits per heavy atom. The maximum absolute atomic E-state index is 12.5. The van der Waals surface area contributed by atoms with E-state index in [-0.39, 0.29) is 17.9 Å². The maximum atomic E-state index is 12.5. The van der Waals surface area contributed by atoms with Gasteiger partial charge >= 0.3 is 0 Å². The second kappa shape index (κ2) is 6.88. The molecule has 0 saturated heterocycles. The van der Waals surface area contributed by atoms with Crippen molar-refractivity contribution in [2.45, 2.75) is 31.7 Å². The number of fused-ring (bicyclic) bond motifs is 1. The number of pyridine rings is 1. The van der Waals surface area contributed by atoms with Crippen LogP contribution in [-0.4, -0.2) is 26.7 Å². The smallest absolute Gasteiger partial charge is 0.228 e. The van der Waals surface area contributed by atoms with Crippen LogP contribution in [0.2, 0.25) is 0 Å². The SMILES string of the molecule is Cn1cc(-c2ccc3cnc(NC(=O)[C@H]4CC[C@H](N)CC4)cc3c2)cn1. The van der Waals surface area contributed by atoms with Gasteiger partial charge < -0.3 is 11.1 Å². The fraction of sp³-hybridized carbons (Fsp3) is 0.350. The number of benzene rings is 1. The molecule has 0 unspecified atom stereocenters.